The van der Waals surface area contributed by atoms with Crippen LogP contribution in [-0.4, -0.2) is 61.8 Å². The van der Waals surface area contributed by atoms with Crippen LogP contribution in [0.25, 0.3) is 0 Å². The van der Waals surface area contributed by atoms with Gasteiger partial charge >= 0.3 is 5.97 Å². The number of amides is 1. The third-order valence-corrected chi connectivity index (χ3v) is 8.91. The number of nitrogens with two attached hydrogens (primary N) is 1. The second-order valence-corrected chi connectivity index (χ2v) is 12.6. The van der Waals surface area contributed by atoms with Gasteiger partial charge in [0.2, 0.25) is 5.78 Å². The van der Waals surface area contributed by atoms with Crippen LogP contribution in [-0.2, 0) is 30.3 Å². The van der Waals surface area contributed by atoms with E-state index in [1.54, 1.807) is 13.8 Å². The number of primary amides is 1. The van der Waals surface area contributed by atoms with Crippen molar-refractivity contribution in [3.05, 3.63) is 51.0 Å². The highest BCUT2D eigenvalue weighted by Gasteiger charge is 2.65. The topological polar surface area (TPSA) is 184 Å². The third kappa shape index (κ3) is 4.13. The molecule has 40 heavy (non-hydrogen) atoms. The fourth-order valence-corrected chi connectivity index (χ4v) is 7.00. The molecule has 0 saturated carbocycles. The molecule has 6 N–H and O–H groups in total. The Balaban J connectivity index is 2.09. The zero-order valence-electron chi connectivity index (χ0n) is 23.3. The number of carbonyl (C=O) groups is 4. The van der Waals surface area contributed by atoms with Crippen LogP contribution in [0.2, 0.25) is 0 Å². The van der Waals surface area contributed by atoms with Gasteiger partial charge in [-0.15, -0.1) is 0 Å². The average molecular weight is 574 g/mol. The lowest BCUT2D eigenvalue weighted by Gasteiger charge is -2.51. The van der Waals surface area contributed by atoms with Gasteiger partial charge in [0.05, 0.1) is 5.56 Å². The first-order valence-corrected chi connectivity index (χ1v) is 14.5. The van der Waals surface area contributed by atoms with Crippen LogP contribution in [0, 0.1) is 11.8 Å². The quantitative estimate of drug-likeness (QED) is 0.259. The number of rotatable bonds is 5. The number of phenols is 1. The number of hydrogen-bond donors (Lipinski definition) is 5. The molecule has 0 fully saturated rings. The molecule has 10 nitrogen and oxygen atoms in total. The van der Waals surface area contributed by atoms with Gasteiger partial charge in [-0.1, -0.05) is 40.7 Å². The number of fused-ring (bicyclic) bond motifs is 3. The number of ketones is 2. The van der Waals surface area contributed by atoms with E-state index in [1.165, 1.54) is 11.8 Å². The number of carbonyl (C=O) groups excluding carboxylic acids is 4. The summed E-state index contributed by atoms with van der Waals surface area (Å²) in [6.07, 6.45) is -0.0276. The molecule has 11 heteroatoms. The average Bonchev–Trinajstić information content (AvgIpc) is 2.85. The van der Waals surface area contributed by atoms with Gasteiger partial charge in [0.25, 0.3) is 5.91 Å². The fourth-order valence-electron chi connectivity index (χ4n) is 6.45. The molecule has 0 heterocycles. The lowest BCUT2D eigenvalue weighted by Crippen LogP contribution is -2.63. The molecule has 0 saturated heterocycles. The molecule has 0 unspecified atom stereocenters. The first-order valence-electron chi connectivity index (χ1n) is 13.1. The Morgan fingerprint density at radius 2 is 1.82 bits per heavy atom. The maximum absolute atomic E-state index is 14.3. The van der Waals surface area contributed by atoms with Crippen LogP contribution < -0.4 is 5.73 Å². The maximum Gasteiger partial charge on any atom is 0.305 e. The van der Waals surface area contributed by atoms with E-state index in [1.807, 2.05) is 33.1 Å². The van der Waals surface area contributed by atoms with Crippen molar-refractivity contribution in [2.24, 2.45) is 17.6 Å². The number of ether oxygens (including phenoxy) is 1. The van der Waals surface area contributed by atoms with Crippen LogP contribution in [0.5, 0.6) is 5.75 Å². The number of phenolic OH excluding ortho intramolecular Hbond substituents is 1. The molecule has 1 amide bonds. The summed E-state index contributed by atoms with van der Waals surface area (Å²) in [6.45, 7) is 8.95. The molecule has 0 radical (unpaired) electrons. The van der Waals surface area contributed by atoms with Crippen molar-refractivity contribution >= 4 is 35.2 Å². The van der Waals surface area contributed by atoms with Gasteiger partial charge in [-0.2, -0.15) is 11.8 Å². The molecule has 4 rings (SSSR count). The number of allylic oxidation sites excluding steroid dienone is 1. The largest absolute Gasteiger partial charge is 0.511 e. The summed E-state index contributed by atoms with van der Waals surface area (Å²) in [5.41, 5.74) is 2.33. The predicted molar refractivity (Wildman–Crippen MR) is 147 cm³/mol. The van der Waals surface area contributed by atoms with E-state index in [4.69, 9.17) is 10.5 Å². The highest BCUT2D eigenvalue weighted by molar-refractivity contribution is 7.97. The molecule has 216 valence electrons. The monoisotopic (exact) mass is 573 g/mol. The standard InChI is InChI=1S/C29H35NO9S/c1-7-16(32)39-24-14-9-15(31)19(27(30)37)25(35)29(14,38)26(36)21-18(24)11(2)17-12(10-40-6)8-13(28(3,4)5)22(33)20(17)23(21)34/h8,11,14,18,24,31,33,36,38H,7,9-10H2,1-6H3,(H2,30,37)/t11-,14+,18+,24+,29+/m0/s1. The van der Waals surface area contributed by atoms with Gasteiger partial charge in [0.15, 0.2) is 11.4 Å². The lowest BCUT2D eigenvalue weighted by atomic mass is 9.56. The summed E-state index contributed by atoms with van der Waals surface area (Å²) < 4.78 is 5.76. The van der Waals surface area contributed by atoms with Gasteiger partial charge in [-0.3, -0.25) is 19.2 Å². The highest BCUT2D eigenvalue weighted by atomic mass is 32.2. The summed E-state index contributed by atoms with van der Waals surface area (Å²) in [5.74, 6) is -8.79. The number of aromatic hydroxyl groups is 1. The van der Waals surface area contributed by atoms with Crippen molar-refractivity contribution in [3.63, 3.8) is 0 Å². The van der Waals surface area contributed by atoms with Crippen molar-refractivity contribution in [3.8, 4) is 5.75 Å². The molecular weight excluding hydrogens is 538 g/mol. The number of aliphatic hydroxyl groups is 3. The number of esters is 1. The molecule has 3 aliphatic carbocycles. The van der Waals surface area contributed by atoms with Crippen LogP contribution in [0.4, 0.5) is 0 Å². The molecular formula is C29H35NO9S. The summed E-state index contributed by atoms with van der Waals surface area (Å²) in [7, 11) is 0. The van der Waals surface area contributed by atoms with E-state index in [0.717, 1.165) is 5.56 Å². The Labute approximate surface area is 236 Å². The second-order valence-electron chi connectivity index (χ2n) is 11.7. The van der Waals surface area contributed by atoms with Crippen molar-refractivity contribution in [1.29, 1.82) is 0 Å². The Morgan fingerprint density at radius 1 is 1.20 bits per heavy atom. The number of Topliss-reactive ketones (excluding diaryl/α,β-unsaturated/α-hetero) is 2. The smallest absolute Gasteiger partial charge is 0.305 e. The summed E-state index contributed by atoms with van der Waals surface area (Å²) in [6, 6.07) is 1.85. The van der Waals surface area contributed by atoms with E-state index in [0.29, 0.717) is 16.9 Å². The maximum atomic E-state index is 14.3. The molecule has 0 aromatic heterocycles. The normalized spacial score (nSPS) is 28.2. The first-order chi connectivity index (χ1) is 18.5. The SMILES string of the molecule is CCC(=O)O[C@H]1[C@H]2C(=C(O)[C@]3(O)C(=O)C(C(N)=O)=C(O)C[C@H]13)C(=O)c1c(O)c(C(C)(C)C)cc(CSC)c1[C@@H]2C. The summed E-state index contributed by atoms with van der Waals surface area (Å²) in [5, 5.41) is 45.3. The minimum absolute atomic E-state index is 0.0545. The van der Waals surface area contributed by atoms with Crippen LogP contribution in [0.15, 0.2) is 28.7 Å². The predicted octanol–water partition coefficient (Wildman–Crippen LogP) is 3.23. The fraction of sp³-hybridized carbons (Fsp3) is 0.517. The Bertz CT molecular complexity index is 1400. The number of hydrogen-bond acceptors (Lipinski definition) is 10. The van der Waals surface area contributed by atoms with Crippen LogP contribution >= 0.6 is 11.8 Å². The van der Waals surface area contributed by atoms with Crippen molar-refractivity contribution in [2.45, 2.75) is 76.3 Å². The minimum atomic E-state index is -2.88. The highest BCUT2D eigenvalue weighted by Crippen LogP contribution is 2.57. The van der Waals surface area contributed by atoms with E-state index in [-0.39, 0.29) is 23.3 Å². The molecule has 0 spiro atoms. The number of aliphatic hydroxyl groups excluding tert-OH is 2. The van der Waals surface area contributed by atoms with Crippen LogP contribution in [0.3, 0.4) is 0 Å². The Kier molecular flexibility index (Phi) is 7.38. The van der Waals surface area contributed by atoms with E-state index in [2.05, 4.69) is 0 Å². The van der Waals surface area contributed by atoms with E-state index < -0.39 is 81.8 Å². The Hall–Kier alpha value is -3.31. The molecule has 1 aromatic rings. The van der Waals surface area contributed by atoms with E-state index >= 15 is 0 Å². The van der Waals surface area contributed by atoms with Crippen molar-refractivity contribution < 1.29 is 44.3 Å². The van der Waals surface area contributed by atoms with Crippen molar-refractivity contribution in [1.82, 2.24) is 0 Å². The Morgan fingerprint density at radius 3 is 2.35 bits per heavy atom. The van der Waals surface area contributed by atoms with Gasteiger partial charge in [0.1, 0.15) is 28.9 Å². The number of thioether (sulfide) groups is 1. The van der Waals surface area contributed by atoms with Crippen molar-refractivity contribution in [2.75, 3.05) is 6.26 Å². The zero-order chi connectivity index (χ0) is 30.1. The molecule has 3 aliphatic rings. The summed E-state index contributed by atoms with van der Waals surface area (Å²) in [4.78, 5) is 52.4. The molecule has 0 bridgehead atoms. The van der Waals surface area contributed by atoms with E-state index in [9.17, 15) is 39.6 Å². The van der Waals surface area contributed by atoms with Gasteiger partial charge in [-0.05, 0) is 28.7 Å². The third-order valence-electron chi connectivity index (χ3n) is 8.31. The first kappa shape index (κ1) is 29.7. The molecule has 0 aliphatic heterocycles. The van der Waals surface area contributed by atoms with Gasteiger partial charge in [0, 0.05) is 41.6 Å². The summed E-state index contributed by atoms with van der Waals surface area (Å²) >= 11 is 1.51. The molecule has 1 aromatic carbocycles. The lowest BCUT2D eigenvalue weighted by molar-refractivity contribution is -0.174. The molecule has 5 atom stereocenters. The van der Waals surface area contributed by atoms with Gasteiger partial charge in [-0.25, -0.2) is 0 Å². The zero-order valence-corrected chi connectivity index (χ0v) is 24.1. The van der Waals surface area contributed by atoms with Gasteiger partial charge < -0.3 is 30.9 Å². The second kappa shape index (κ2) is 9.95. The number of benzene rings is 1. The van der Waals surface area contributed by atoms with Crippen LogP contribution in [0.1, 0.15) is 80.4 Å². The minimum Gasteiger partial charge on any atom is -0.511 e.